The number of anilines is 2. The molecule has 0 radical (unpaired) electrons. The van der Waals surface area contributed by atoms with E-state index in [1.54, 1.807) is 0 Å². The van der Waals surface area contributed by atoms with Crippen LogP contribution in [0.3, 0.4) is 0 Å². The Kier molecular flexibility index (Phi) is 7.72. The number of carbonyl (C=O) groups is 1. The Morgan fingerprint density at radius 1 is 1.19 bits per heavy atom. The van der Waals surface area contributed by atoms with Gasteiger partial charge in [-0.15, -0.1) is 0 Å². The quantitative estimate of drug-likeness (QED) is 0.585. The van der Waals surface area contributed by atoms with Crippen LogP contribution < -0.4 is 10.2 Å². The van der Waals surface area contributed by atoms with Gasteiger partial charge in [0.1, 0.15) is 0 Å². The first-order chi connectivity index (χ1) is 12.8. The van der Waals surface area contributed by atoms with Gasteiger partial charge in [0.2, 0.25) is 5.91 Å². The number of amides is 1. The van der Waals surface area contributed by atoms with E-state index in [0.29, 0.717) is 0 Å². The summed E-state index contributed by atoms with van der Waals surface area (Å²) in [5.41, 5.74) is 4.79. The van der Waals surface area contributed by atoms with E-state index in [9.17, 15) is 9.90 Å². The molecule has 27 heavy (non-hydrogen) atoms. The standard InChI is InChI=1S/C23H38N2O2/c1-6-7-8-9-10-11-13-25-14-12-18-15-19(16-26)17(2)20(21(18)25)24-22(27)23(3,4)5/h15,26H,6-14,16H2,1-5H3,(H,24,27). The topological polar surface area (TPSA) is 52.6 Å². The summed E-state index contributed by atoms with van der Waals surface area (Å²) < 4.78 is 0. The Bertz CT molecular complexity index is 647. The second-order valence-electron chi connectivity index (χ2n) is 8.91. The van der Waals surface area contributed by atoms with E-state index < -0.39 is 5.41 Å². The molecule has 0 saturated carbocycles. The first-order valence-electron chi connectivity index (χ1n) is 10.6. The van der Waals surface area contributed by atoms with Crippen LogP contribution in [0.15, 0.2) is 6.07 Å². The van der Waals surface area contributed by atoms with E-state index in [0.717, 1.165) is 36.3 Å². The normalized spacial score (nSPS) is 13.8. The number of fused-ring (bicyclic) bond motifs is 1. The summed E-state index contributed by atoms with van der Waals surface area (Å²) in [7, 11) is 0. The number of benzene rings is 1. The van der Waals surface area contributed by atoms with Crippen molar-refractivity contribution in [2.45, 2.75) is 86.2 Å². The molecular weight excluding hydrogens is 336 g/mol. The van der Waals surface area contributed by atoms with Crippen LogP contribution in [-0.2, 0) is 17.8 Å². The van der Waals surface area contributed by atoms with Crippen LogP contribution in [0.25, 0.3) is 0 Å². The van der Waals surface area contributed by atoms with Crippen LogP contribution in [-0.4, -0.2) is 24.1 Å². The van der Waals surface area contributed by atoms with Gasteiger partial charge in [-0.1, -0.05) is 65.9 Å². The fourth-order valence-electron chi connectivity index (χ4n) is 3.73. The van der Waals surface area contributed by atoms with Gasteiger partial charge in [0.15, 0.2) is 0 Å². The molecule has 152 valence electrons. The monoisotopic (exact) mass is 374 g/mol. The first-order valence-corrected chi connectivity index (χ1v) is 10.6. The molecule has 1 aromatic carbocycles. The van der Waals surface area contributed by atoms with Crippen molar-refractivity contribution in [1.82, 2.24) is 0 Å². The van der Waals surface area contributed by atoms with Gasteiger partial charge in [0.05, 0.1) is 18.0 Å². The third-order valence-corrected chi connectivity index (χ3v) is 5.59. The Hall–Kier alpha value is -1.55. The summed E-state index contributed by atoms with van der Waals surface area (Å²) in [6, 6.07) is 2.12. The number of unbranched alkanes of at least 4 members (excludes halogenated alkanes) is 5. The van der Waals surface area contributed by atoms with E-state index in [-0.39, 0.29) is 12.5 Å². The second-order valence-corrected chi connectivity index (χ2v) is 8.91. The molecule has 0 spiro atoms. The summed E-state index contributed by atoms with van der Waals surface area (Å²) in [6.45, 7) is 12.1. The number of hydrogen-bond acceptors (Lipinski definition) is 3. The smallest absolute Gasteiger partial charge is 0.229 e. The van der Waals surface area contributed by atoms with Crippen LogP contribution in [0.5, 0.6) is 0 Å². The molecule has 1 heterocycles. The maximum atomic E-state index is 12.7. The zero-order valence-corrected chi connectivity index (χ0v) is 18.0. The Morgan fingerprint density at radius 3 is 2.48 bits per heavy atom. The molecule has 0 aliphatic carbocycles. The molecule has 4 nitrogen and oxygen atoms in total. The van der Waals surface area contributed by atoms with Gasteiger partial charge in [0.25, 0.3) is 0 Å². The van der Waals surface area contributed by atoms with Crippen molar-refractivity contribution in [3.05, 3.63) is 22.8 Å². The summed E-state index contributed by atoms with van der Waals surface area (Å²) in [5, 5.41) is 12.9. The number of aliphatic hydroxyl groups is 1. The third-order valence-electron chi connectivity index (χ3n) is 5.59. The Labute approximate surface area is 165 Å². The summed E-state index contributed by atoms with van der Waals surface area (Å²) >= 11 is 0. The van der Waals surface area contributed by atoms with E-state index in [2.05, 4.69) is 23.2 Å². The fourth-order valence-corrected chi connectivity index (χ4v) is 3.73. The van der Waals surface area contributed by atoms with Crippen molar-refractivity contribution in [3.63, 3.8) is 0 Å². The molecule has 0 bridgehead atoms. The number of rotatable bonds is 9. The van der Waals surface area contributed by atoms with Gasteiger partial charge < -0.3 is 15.3 Å². The molecule has 2 rings (SSSR count). The minimum absolute atomic E-state index is 0.00886. The highest BCUT2D eigenvalue weighted by atomic mass is 16.3. The zero-order chi connectivity index (χ0) is 20.0. The summed E-state index contributed by atoms with van der Waals surface area (Å²) in [5.74, 6) is 0.0225. The highest BCUT2D eigenvalue weighted by Crippen LogP contribution is 2.40. The molecule has 1 aromatic rings. The van der Waals surface area contributed by atoms with Gasteiger partial charge in [0, 0.05) is 18.5 Å². The number of hydrogen-bond donors (Lipinski definition) is 2. The lowest BCUT2D eigenvalue weighted by molar-refractivity contribution is -0.123. The summed E-state index contributed by atoms with van der Waals surface area (Å²) in [4.78, 5) is 15.1. The van der Waals surface area contributed by atoms with E-state index in [4.69, 9.17) is 0 Å². The van der Waals surface area contributed by atoms with Crippen molar-refractivity contribution in [3.8, 4) is 0 Å². The van der Waals surface area contributed by atoms with Crippen LogP contribution in [0.1, 0.15) is 82.9 Å². The van der Waals surface area contributed by atoms with Crippen molar-refractivity contribution in [2.75, 3.05) is 23.3 Å². The molecule has 1 aliphatic rings. The lowest BCUT2D eigenvalue weighted by Crippen LogP contribution is -2.30. The number of nitrogens with zero attached hydrogens (tertiary/aromatic N) is 1. The molecule has 0 atom stereocenters. The molecule has 2 N–H and O–H groups in total. The molecule has 0 saturated heterocycles. The van der Waals surface area contributed by atoms with Crippen molar-refractivity contribution in [1.29, 1.82) is 0 Å². The SMILES string of the molecule is CCCCCCCCN1CCc2cc(CO)c(C)c(NC(=O)C(C)(C)C)c21. The highest BCUT2D eigenvalue weighted by Gasteiger charge is 2.29. The fraction of sp³-hybridized carbons (Fsp3) is 0.696. The maximum Gasteiger partial charge on any atom is 0.229 e. The van der Waals surface area contributed by atoms with Gasteiger partial charge in [-0.2, -0.15) is 0 Å². The van der Waals surface area contributed by atoms with Gasteiger partial charge in [-0.25, -0.2) is 0 Å². The first kappa shape index (κ1) is 21.7. The Balaban J connectivity index is 2.18. The minimum Gasteiger partial charge on any atom is -0.392 e. The third kappa shape index (κ3) is 5.47. The van der Waals surface area contributed by atoms with Crippen molar-refractivity contribution < 1.29 is 9.90 Å². The maximum absolute atomic E-state index is 12.7. The van der Waals surface area contributed by atoms with E-state index in [1.165, 1.54) is 49.8 Å². The Morgan fingerprint density at radius 2 is 1.85 bits per heavy atom. The predicted octanol–water partition coefficient (Wildman–Crippen LogP) is 5.19. The molecule has 0 aromatic heterocycles. The van der Waals surface area contributed by atoms with Gasteiger partial charge in [-0.05, 0) is 36.5 Å². The second kappa shape index (κ2) is 9.59. The van der Waals surface area contributed by atoms with Crippen LogP contribution >= 0.6 is 0 Å². The van der Waals surface area contributed by atoms with Crippen molar-refractivity contribution in [2.24, 2.45) is 5.41 Å². The number of carbonyl (C=O) groups excluding carboxylic acids is 1. The lowest BCUT2D eigenvalue weighted by Gasteiger charge is -2.27. The molecular formula is C23H38N2O2. The molecule has 0 unspecified atom stereocenters. The molecule has 1 amide bonds. The van der Waals surface area contributed by atoms with Crippen LogP contribution in [0, 0.1) is 12.3 Å². The van der Waals surface area contributed by atoms with E-state index in [1.807, 2.05) is 27.7 Å². The molecule has 0 fully saturated rings. The van der Waals surface area contributed by atoms with Crippen LogP contribution in [0.2, 0.25) is 0 Å². The lowest BCUT2D eigenvalue weighted by atomic mass is 9.94. The van der Waals surface area contributed by atoms with Gasteiger partial charge >= 0.3 is 0 Å². The molecule has 4 heteroatoms. The van der Waals surface area contributed by atoms with E-state index >= 15 is 0 Å². The molecule has 1 aliphatic heterocycles. The summed E-state index contributed by atoms with van der Waals surface area (Å²) in [6.07, 6.45) is 8.70. The largest absolute Gasteiger partial charge is 0.392 e. The number of nitrogens with one attached hydrogen (secondary N) is 1. The average Bonchev–Trinajstić information content (AvgIpc) is 3.01. The minimum atomic E-state index is -0.447. The number of aliphatic hydroxyl groups excluding tert-OH is 1. The van der Waals surface area contributed by atoms with Crippen LogP contribution in [0.4, 0.5) is 11.4 Å². The van der Waals surface area contributed by atoms with Crippen molar-refractivity contribution >= 4 is 17.3 Å². The highest BCUT2D eigenvalue weighted by molar-refractivity contribution is 5.99. The zero-order valence-electron chi connectivity index (χ0n) is 18.0. The predicted molar refractivity (Wildman–Crippen MR) is 114 cm³/mol. The average molecular weight is 375 g/mol. The van der Waals surface area contributed by atoms with Gasteiger partial charge in [-0.3, -0.25) is 4.79 Å².